The summed E-state index contributed by atoms with van der Waals surface area (Å²) in [6.07, 6.45) is 5.63. The molecule has 3 aromatic rings. The lowest BCUT2D eigenvalue weighted by atomic mass is 10.4. The number of thiophene rings is 1. The van der Waals surface area contributed by atoms with Crippen molar-refractivity contribution in [3.05, 3.63) is 41.0 Å². The first-order valence-electron chi connectivity index (χ1n) is 5.33. The molecule has 3 heterocycles. The zero-order valence-corrected chi connectivity index (χ0v) is 11.0. The van der Waals surface area contributed by atoms with Gasteiger partial charge in [0.25, 0.3) is 0 Å². The van der Waals surface area contributed by atoms with Crippen LogP contribution in [0.2, 0.25) is 0 Å². The van der Waals surface area contributed by atoms with Gasteiger partial charge in [-0.15, -0.1) is 11.3 Å². The minimum atomic E-state index is 0.725. The quantitative estimate of drug-likeness (QED) is 0.567. The fourth-order valence-electron chi connectivity index (χ4n) is 1.68. The average Bonchev–Trinajstić information content (AvgIpc) is 3.09. The molecule has 3 rings (SSSR count). The molecule has 92 valence electrons. The van der Waals surface area contributed by atoms with Gasteiger partial charge >= 0.3 is 0 Å². The molecule has 5 nitrogen and oxygen atoms in total. The Bertz CT molecular complexity index is 625. The Hall–Kier alpha value is -1.70. The maximum absolute atomic E-state index is 5.32. The minimum Gasteiger partial charge on any atom is -0.325 e. The van der Waals surface area contributed by atoms with E-state index in [1.54, 1.807) is 22.7 Å². The molecular formula is C11H11N5S2. The molecule has 3 aromatic heterocycles. The van der Waals surface area contributed by atoms with Gasteiger partial charge in [0.05, 0.1) is 11.4 Å². The summed E-state index contributed by atoms with van der Waals surface area (Å²) in [7, 11) is 0. The third kappa shape index (κ3) is 2.15. The van der Waals surface area contributed by atoms with Crippen molar-refractivity contribution >= 4 is 27.8 Å². The molecule has 0 fully saturated rings. The summed E-state index contributed by atoms with van der Waals surface area (Å²) in [5.41, 5.74) is 2.55. The van der Waals surface area contributed by atoms with Crippen molar-refractivity contribution < 1.29 is 0 Å². The third-order valence-corrected chi connectivity index (χ3v) is 4.24. The van der Waals surface area contributed by atoms with E-state index in [0.717, 1.165) is 22.4 Å². The van der Waals surface area contributed by atoms with Crippen molar-refractivity contribution in [1.29, 1.82) is 0 Å². The molecule has 0 amide bonds. The van der Waals surface area contributed by atoms with Crippen molar-refractivity contribution in [2.45, 2.75) is 6.54 Å². The number of nitrogen functional groups attached to an aromatic ring is 1. The smallest absolute Gasteiger partial charge is 0.197 e. The fraction of sp³-hybridized carbons (Fsp3) is 0.0909. The first-order chi connectivity index (χ1) is 8.86. The second-order valence-electron chi connectivity index (χ2n) is 3.63. The van der Waals surface area contributed by atoms with Crippen LogP contribution in [0.3, 0.4) is 0 Å². The molecule has 0 aliphatic rings. The van der Waals surface area contributed by atoms with Gasteiger partial charge in [-0.2, -0.15) is 0 Å². The summed E-state index contributed by atoms with van der Waals surface area (Å²) in [5, 5.41) is 2.78. The molecule has 18 heavy (non-hydrogen) atoms. The van der Waals surface area contributed by atoms with E-state index in [2.05, 4.69) is 31.4 Å². The van der Waals surface area contributed by atoms with Gasteiger partial charge in [0.1, 0.15) is 5.82 Å². The lowest BCUT2D eigenvalue weighted by Gasteiger charge is -2.03. The lowest BCUT2D eigenvalue weighted by Crippen LogP contribution is -2.05. The number of aromatic nitrogens is 3. The fourth-order valence-corrected chi connectivity index (χ4v) is 3.14. The van der Waals surface area contributed by atoms with Gasteiger partial charge in [-0.1, -0.05) is 17.4 Å². The van der Waals surface area contributed by atoms with E-state index in [0.29, 0.717) is 0 Å². The number of hydrogen-bond acceptors (Lipinski definition) is 6. The molecule has 0 saturated carbocycles. The monoisotopic (exact) mass is 277 g/mol. The van der Waals surface area contributed by atoms with Gasteiger partial charge in [0.2, 0.25) is 0 Å². The Balaban J connectivity index is 1.87. The van der Waals surface area contributed by atoms with E-state index in [1.165, 1.54) is 4.88 Å². The van der Waals surface area contributed by atoms with Crippen LogP contribution in [0.25, 0.3) is 10.7 Å². The van der Waals surface area contributed by atoms with Gasteiger partial charge in [-0.05, 0) is 11.4 Å². The maximum Gasteiger partial charge on any atom is 0.197 e. The average molecular weight is 277 g/mol. The first kappa shape index (κ1) is 11.4. The zero-order chi connectivity index (χ0) is 12.4. The van der Waals surface area contributed by atoms with Crippen LogP contribution >= 0.6 is 22.7 Å². The topological polar surface area (TPSA) is 68.8 Å². The summed E-state index contributed by atoms with van der Waals surface area (Å²) in [6.45, 7) is 0.757. The van der Waals surface area contributed by atoms with Gasteiger partial charge in [0.15, 0.2) is 5.13 Å². The highest BCUT2D eigenvalue weighted by atomic mass is 32.1. The summed E-state index contributed by atoms with van der Waals surface area (Å²) >= 11 is 3.23. The third-order valence-electron chi connectivity index (χ3n) is 2.46. The molecule has 0 aliphatic heterocycles. The number of nitrogens with one attached hydrogen (secondary N) is 1. The van der Waals surface area contributed by atoms with Crippen LogP contribution in [0.1, 0.15) is 4.88 Å². The predicted molar refractivity (Wildman–Crippen MR) is 74.6 cm³/mol. The number of nitrogens with zero attached hydrogens (tertiary/aromatic N) is 3. The SMILES string of the molecule is NNc1ncc(Cn2ccnc2-c2cccs2)s1. The Labute approximate surface area is 112 Å². The van der Waals surface area contributed by atoms with Gasteiger partial charge in [-0.25, -0.2) is 15.8 Å². The predicted octanol–water partition coefficient (Wildman–Crippen LogP) is 2.40. The van der Waals surface area contributed by atoms with Crippen molar-refractivity contribution in [2.75, 3.05) is 5.43 Å². The second-order valence-corrected chi connectivity index (χ2v) is 5.70. The lowest BCUT2D eigenvalue weighted by molar-refractivity contribution is 0.820. The molecule has 0 aromatic carbocycles. The normalized spacial score (nSPS) is 10.7. The van der Waals surface area contributed by atoms with Crippen LogP contribution in [-0.4, -0.2) is 14.5 Å². The highest BCUT2D eigenvalue weighted by Gasteiger charge is 2.08. The highest BCUT2D eigenvalue weighted by molar-refractivity contribution is 7.15. The molecule has 3 N–H and O–H groups in total. The van der Waals surface area contributed by atoms with Crippen LogP contribution in [0, 0.1) is 0 Å². The number of anilines is 1. The number of hydrazine groups is 1. The molecular weight excluding hydrogens is 266 g/mol. The van der Waals surface area contributed by atoms with Crippen LogP contribution in [0.4, 0.5) is 5.13 Å². The molecule has 0 saturated heterocycles. The van der Waals surface area contributed by atoms with E-state index in [4.69, 9.17) is 5.84 Å². The van der Waals surface area contributed by atoms with E-state index in [9.17, 15) is 0 Å². The number of thiazole rings is 1. The largest absolute Gasteiger partial charge is 0.325 e. The Morgan fingerprint density at radius 3 is 3.06 bits per heavy atom. The molecule has 0 aliphatic carbocycles. The van der Waals surface area contributed by atoms with Crippen LogP contribution in [-0.2, 0) is 6.54 Å². The van der Waals surface area contributed by atoms with Crippen LogP contribution < -0.4 is 11.3 Å². The molecule has 0 atom stereocenters. The molecule has 0 bridgehead atoms. The Kier molecular flexibility index (Phi) is 3.09. The maximum atomic E-state index is 5.32. The van der Waals surface area contributed by atoms with E-state index < -0.39 is 0 Å². The Morgan fingerprint density at radius 2 is 2.33 bits per heavy atom. The summed E-state index contributed by atoms with van der Waals surface area (Å²) in [6, 6.07) is 4.10. The molecule has 7 heteroatoms. The van der Waals surface area contributed by atoms with E-state index in [-0.39, 0.29) is 0 Å². The van der Waals surface area contributed by atoms with Gasteiger partial charge < -0.3 is 4.57 Å². The second kappa shape index (κ2) is 4.89. The van der Waals surface area contributed by atoms with Gasteiger partial charge in [-0.3, -0.25) is 5.43 Å². The minimum absolute atomic E-state index is 0.725. The van der Waals surface area contributed by atoms with Gasteiger partial charge in [0, 0.05) is 23.5 Å². The highest BCUT2D eigenvalue weighted by Crippen LogP contribution is 2.25. The molecule has 0 radical (unpaired) electrons. The van der Waals surface area contributed by atoms with Crippen LogP contribution in [0.15, 0.2) is 36.1 Å². The number of hydrogen-bond donors (Lipinski definition) is 2. The standard InChI is InChI=1S/C11H11N5S2/c12-15-11-14-6-8(18-11)7-16-4-3-13-10(16)9-2-1-5-17-9/h1-6H,7,12H2,(H,14,15). The van der Waals surface area contributed by atoms with Crippen molar-refractivity contribution in [2.24, 2.45) is 5.84 Å². The zero-order valence-electron chi connectivity index (χ0n) is 9.41. The molecule has 0 unspecified atom stereocenters. The molecule has 0 spiro atoms. The summed E-state index contributed by atoms with van der Waals surface area (Å²) in [5.74, 6) is 6.31. The van der Waals surface area contributed by atoms with Crippen LogP contribution in [0.5, 0.6) is 0 Å². The first-order valence-corrected chi connectivity index (χ1v) is 7.03. The van der Waals surface area contributed by atoms with Crippen molar-refractivity contribution in [3.8, 4) is 10.7 Å². The number of nitrogens with two attached hydrogens (primary N) is 1. The Morgan fingerprint density at radius 1 is 1.39 bits per heavy atom. The van der Waals surface area contributed by atoms with E-state index in [1.807, 2.05) is 24.7 Å². The number of imidazole rings is 1. The van der Waals surface area contributed by atoms with Crippen molar-refractivity contribution in [3.63, 3.8) is 0 Å². The summed E-state index contributed by atoms with van der Waals surface area (Å²) < 4.78 is 2.11. The van der Waals surface area contributed by atoms with Crippen molar-refractivity contribution in [1.82, 2.24) is 14.5 Å². The van der Waals surface area contributed by atoms with E-state index >= 15 is 0 Å². The summed E-state index contributed by atoms with van der Waals surface area (Å²) in [4.78, 5) is 10.9. The number of rotatable bonds is 4.